The van der Waals surface area contributed by atoms with Gasteiger partial charge in [-0.05, 0) is 37.2 Å². The fourth-order valence-electron chi connectivity index (χ4n) is 3.13. The third-order valence-corrected chi connectivity index (χ3v) is 4.36. The maximum Gasteiger partial charge on any atom is 0.224 e. The highest BCUT2D eigenvalue weighted by Crippen LogP contribution is 2.47. The van der Waals surface area contributed by atoms with Crippen LogP contribution in [0, 0.1) is 23.2 Å². The maximum absolute atomic E-state index is 12.2. The summed E-state index contributed by atoms with van der Waals surface area (Å²) >= 11 is 0. The van der Waals surface area contributed by atoms with Crippen molar-refractivity contribution in [3.8, 4) is 6.07 Å². The molecule has 0 saturated heterocycles. The third-order valence-electron chi connectivity index (χ3n) is 4.36. The summed E-state index contributed by atoms with van der Waals surface area (Å²) in [6.07, 6.45) is 3.87. The average molecular weight is 254 g/mol. The van der Waals surface area contributed by atoms with Gasteiger partial charge in [0, 0.05) is 12.0 Å². The Morgan fingerprint density at radius 3 is 2.79 bits per heavy atom. The molecule has 2 aliphatic carbocycles. The largest absolute Gasteiger partial charge is 0.352 e. The molecule has 0 aromatic heterocycles. The summed E-state index contributed by atoms with van der Waals surface area (Å²) < 4.78 is 0. The number of carbonyl (C=O) groups is 1. The standard InChI is InChI=1S/C16H18N2O/c17-10-12-7-4-8-15(12)18-16(19)14-9-13(14)11-5-2-1-3-6-11/h1-3,5-6,12-15H,4,7-9H2,(H,18,19). The lowest BCUT2D eigenvalue weighted by molar-refractivity contribution is -0.123. The highest BCUT2D eigenvalue weighted by molar-refractivity contribution is 5.83. The number of nitrogens with zero attached hydrogens (tertiary/aromatic N) is 1. The van der Waals surface area contributed by atoms with Crippen molar-refractivity contribution in [3.05, 3.63) is 35.9 Å². The van der Waals surface area contributed by atoms with Gasteiger partial charge in [0.2, 0.25) is 5.91 Å². The molecule has 1 N–H and O–H groups in total. The zero-order valence-corrected chi connectivity index (χ0v) is 10.9. The molecule has 1 amide bonds. The van der Waals surface area contributed by atoms with Gasteiger partial charge in [0.15, 0.2) is 0 Å². The lowest BCUT2D eigenvalue weighted by atomic mass is 10.1. The van der Waals surface area contributed by atoms with Gasteiger partial charge in [-0.15, -0.1) is 0 Å². The van der Waals surface area contributed by atoms with Crippen LogP contribution in [0.2, 0.25) is 0 Å². The quantitative estimate of drug-likeness (QED) is 0.901. The van der Waals surface area contributed by atoms with Crippen LogP contribution in [-0.4, -0.2) is 11.9 Å². The predicted octanol–water partition coefficient (Wildman–Crippen LogP) is 2.60. The Morgan fingerprint density at radius 2 is 2.05 bits per heavy atom. The average Bonchev–Trinajstić information content (AvgIpc) is 3.14. The summed E-state index contributed by atoms with van der Waals surface area (Å²) in [7, 11) is 0. The molecule has 2 saturated carbocycles. The molecule has 3 heteroatoms. The van der Waals surface area contributed by atoms with Crippen molar-refractivity contribution in [2.24, 2.45) is 11.8 Å². The molecular formula is C16H18N2O. The molecule has 98 valence electrons. The first kappa shape index (κ1) is 12.2. The van der Waals surface area contributed by atoms with E-state index in [9.17, 15) is 4.79 Å². The molecule has 4 atom stereocenters. The zero-order chi connectivity index (χ0) is 13.2. The van der Waals surface area contributed by atoms with Crippen molar-refractivity contribution < 1.29 is 4.79 Å². The fourth-order valence-corrected chi connectivity index (χ4v) is 3.13. The summed E-state index contributed by atoms with van der Waals surface area (Å²) in [6, 6.07) is 12.6. The topological polar surface area (TPSA) is 52.9 Å². The number of hydrogen-bond acceptors (Lipinski definition) is 2. The Kier molecular flexibility index (Phi) is 3.25. The first-order valence-electron chi connectivity index (χ1n) is 7.04. The Morgan fingerprint density at radius 1 is 1.26 bits per heavy atom. The van der Waals surface area contributed by atoms with Crippen LogP contribution in [-0.2, 0) is 4.79 Å². The van der Waals surface area contributed by atoms with Crippen LogP contribution in [0.3, 0.4) is 0 Å². The normalized spacial score (nSPS) is 32.6. The molecule has 19 heavy (non-hydrogen) atoms. The van der Waals surface area contributed by atoms with Gasteiger partial charge < -0.3 is 5.32 Å². The minimum atomic E-state index is 0.0119. The summed E-state index contributed by atoms with van der Waals surface area (Å²) in [5.41, 5.74) is 1.26. The van der Waals surface area contributed by atoms with Crippen molar-refractivity contribution in [3.63, 3.8) is 0 Å². The molecule has 0 spiro atoms. The second-order valence-corrected chi connectivity index (χ2v) is 5.64. The van der Waals surface area contributed by atoms with Gasteiger partial charge in [0.25, 0.3) is 0 Å². The van der Waals surface area contributed by atoms with Crippen LogP contribution in [0.5, 0.6) is 0 Å². The minimum absolute atomic E-state index is 0.0119. The summed E-state index contributed by atoms with van der Waals surface area (Å²) in [6.45, 7) is 0. The molecule has 1 aromatic carbocycles. The lowest BCUT2D eigenvalue weighted by Crippen LogP contribution is -2.38. The van der Waals surface area contributed by atoms with Gasteiger partial charge in [-0.1, -0.05) is 30.3 Å². The number of nitriles is 1. The Labute approximate surface area is 113 Å². The highest BCUT2D eigenvalue weighted by Gasteiger charge is 2.45. The van der Waals surface area contributed by atoms with E-state index in [2.05, 4.69) is 23.5 Å². The van der Waals surface area contributed by atoms with Crippen molar-refractivity contribution in [1.29, 1.82) is 5.26 Å². The van der Waals surface area contributed by atoms with Crippen molar-refractivity contribution >= 4 is 5.91 Å². The second kappa shape index (κ2) is 5.05. The Hall–Kier alpha value is -1.82. The third kappa shape index (κ3) is 2.49. The van der Waals surface area contributed by atoms with E-state index in [0.717, 1.165) is 25.7 Å². The van der Waals surface area contributed by atoms with E-state index in [0.29, 0.717) is 5.92 Å². The van der Waals surface area contributed by atoms with E-state index in [1.54, 1.807) is 0 Å². The van der Waals surface area contributed by atoms with E-state index in [1.165, 1.54) is 5.56 Å². The summed E-state index contributed by atoms with van der Waals surface area (Å²) in [4.78, 5) is 12.2. The Balaban J connectivity index is 1.57. The van der Waals surface area contributed by atoms with Crippen LogP contribution in [0.1, 0.15) is 37.2 Å². The fraction of sp³-hybridized carbons (Fsp3) is 0.500. The first-order chi connectivity index (χ1) is 9.29. The van der Waals surface area contributed by atoms with Gasteiger partial charge in [-0.25, -0.2) is 0 Å². The van der Waals surface area contributed by atoms with Crippen LogP contribution in [0.25, 0.3) is 0 Å². The van der Waals surface area contributed by atoms with Gasteiger partial charge in [0.1, 0.15) is 0 Å². The molecular weight excluding hydrogens is 236 g/mol. The Bertz CT molecular complexity index is 505. The number of nitrogens with one attached hydrogen (secondary N) is 1. The molecule has 0 radical (unpaired) electrons. The molecule has 0 aliphatic heterocycles. The second-order valence-electron chi connectivity index (χ2n) is 5.64. The molecule has 2 aliphatic rings. The number of hydrogen-bond donors (Lipinski definition) is 1. The van der Waals surface area contributed by atoms with Crippen molar-refractivity contribution in [2.75, 3.05) is 0 Å². The van der Waals surface area contributed by atoms with Gasteiger partial charge in [0.05, 0.1) is 12.0 Å². The first-order valence-corrected chi connectivity index (χ1v) is 7.04. The molecule has 2 fully saturated rings. The molecule has 3 rings (SSSR count). The highest BCUT2D eigenvalue weighted by atomic mass is 16.2. The van der Waals surface area contributed by atoms with Crippen molar-refractivity contribution in [1.82, 2.24) is 5.32 Å². The maximum atomic E-state index is 12.2. The van der Waals surface area contributed by atoms with Gasteiger partial charge >= 0.3 is 0 Å². The molecule has 0 bridgehead atoms. The molecule has 3 nitrogen and oxygen atoms in total. The number of benzene rings is 1. The number of rotatable bonds is 3. The van der Waals surface area contributed by atoms with Crippen LogP contribution < -0.4 is 5.32 Å². The van der Waals surface area contributed by atoms with Crippen molar-refractivity contribution in [2.45, 2.75) is 37.6 Å². The smallest absolute Gasteiger partial charge is 0.224 e. The van der Waals surface area contributed by atoms with Gasteiger partial charge in [-0.3, -0.25) is 4.79 Å². The van der Waals surface area contributed by atoms with Crippen LogP contribution >= 0.6 is 0 Å². The SMILES string of the molecule is N#CC1CCCC1NC(=O)C1CC1c1ccccc1. The zero-order valence-electron chi connectivity index (χ0n) is 10.9. The summed E-state index contributed by atoms with van der Waals surface area (Å²) in [5, 5.41) is 12.1. The molecule has 0 heterocycles. The monoisotopic (exact) mass is 254 g/mol. The lowest BCUT2D eigenvalue weighted by Gasteiger charge is -2.15. The minimum Gasteiger partial charge on any atom is -0.352 e. The molecule has 4 unspecified atom stereocenters. The number of amides is 1. The van der Waals surface area contributed by atoms with E-state index in [4.69, 9.17) is 5.26 Å². The van der Waals surface area contributed by atoms with Crippen LogP contribution in [0.4, 0.5) is 0 Å². The van der Waals surface area contributed by atoms with E-state index in [-0.39, 0.29) is 23.8 Å². The predicted molar refractivity (Wildman–Crippen MR) is 72.2 cm³/mol. The van der Waals surface area contributed by atoms with Crippen LogP contribution in [0.15, 0.2) is 30.3 Å². The number of carbonyl (C=O) groups excluding carboxylic acids is 1. The van der Waals surface area contributed by atoms with E-state index >= 15 is 0 Å². The summed E-state index contributed by atoms with van der Waals surface area (Å²) in [5.74, 6) is 0.643. The van der Waals surface area contributed by atoms with Gasteiger partial charge in [-0.2, -0.15) is 5.26 Å². The van der Waals surface area contributed by atoms with E-state index in [1.807, 2.05) is 18.2 Å². The van der Waals surface area contributed by atoms with E-state index < -0.39 is 0 Å². The molecule has 1 aromatic rings.